The summed E-state index contributed by atoms with van der Waals surface area (Å²) in [6.07, 6.45) is 0. The molecule has 3 aromatic carbocycles. The molecule has 3 rings (SSSR count). The smallest absolute Gasteiger partial charge is 0.335 e. The molecule has 0 bridgehead atoms. The zero-order chi connectivity index (χ0) is 22.1. The number of aromatic carboxylic acids is 1. The van der Waals surface area contributed by atoms with Crippen molar-refractivity contribution in [1.29, 1.82) is 0 Å². The summed E-state index contributed by atoms with van der Waals surface area (Å²) in [6, 6.07) is 14.9. The Balaban J connectivity index is 2.08. The van der Waals surface area contributed by atoms with Crippen LogP contribution in [0.2, 0.25) is 0 Å². The first-order chi connectivity index (χ1) is 14.1. The molecule has 0 radical (unpaired) electrons. The Labute approximate surface area is 172 Å². The van der Waals surface area contributed by atoms with Gasteiger partial charge in [-0.1, -0.05) is 18.2 Å². The molecule has 8 N–H and O–H groups in total. The van der Waals surface area contributed by atoms with Crippen LogP contribution >= 0.6 is 0 Å². The van der Waals surface area contributed by atoms with Gasteiger partial charge in [-0.15, -0.1) is 0 Å². The molecule has 0 aromatic heterocycles. The largest absolute Gasteiger partial charge is 0.478 e. The number of nitrogen functional groups attached to an aromatic ring is 1. The first-order valence-electron chi connectivity index (χ1n) is 8.53. The average molecular weight is 426 g/mol. The van der Waals surface area contributed by atoms with Crippen LogP contribution < -0.4 is 21.9 Å². The standard InChI is InChI=1S/C20H18N4O5S/c21-18-16(11-4-6-15(7-5-11)30(23,28)29)9-14(10-17(18)19(22)25)24-13-3-1-2-12(8-13)20(26)27/h1-10,24H,21H2,(H2,22,25)(H,26,27)(H2,23,28,29). The molecule has 0 unspecified atom stereocenters. The summed E-state index contributed by atoms with van der Waals surface area (Å²) in [6.45, 7) is 0. The SMILES string of the molecule is NC(=O)c1cc(Nc2cccc(C(=O)O)c2)cc(-c2ccc(S(N)(=O)=O)cc2)c1N. The Bertz CT molecular complexity index is 1250. The van der Waals surface area contributed by atoms with Gasteiger partial charge >= 0.3 is 5.97 Å². The van der Waals surface area contributed by atoms with Gasteiger partial charge in [0.2, 0.25) is 10.0 Å². The van der Waals surface area contributed by atoms with Crippen molar-refractivity contribution in [2.75, 3.05) is 11.1 Å². The topological polar surface area (TPSA) is 179 Å². The Kier molecular flexibility index (Phi) is 5.45. The van der Waals surface area contributed by atoms with Crippen LogP contribution in [0.4, 0.5) is 17.1 Å². The van der Waals surface area contributed by atoms with E-state index in [0.29, 0.717) is 22.5 Å². The molecule has 0 aliphatic carbocycles. The van der Waals surface area contributed by atoms with Gasteiger partial charge in [-0.3, -0.25) is 4.79 Å². The van der Waals surface area contributed by atoms with E-state index in [9.17, 15) is 18.0 Å². The Hall–Kier alpha value is -3.89. The fraction of sp³-hybridized carbons (Fsp3) is 0. The van der Waals surface area contributed by atoms with E-state index in [2.05, 4.69) is 5.32 Å². The molecule has 30 heavy (non-hydrogen) atoms. The van der Waals surface area contributed by atoms with Crippen LogP contribution in [0.15, 0.2) is 65.6 Å². The van der Waals surface area contributed by atoms with Gasteiger partial charge in [0, 0.05) is 16.9 Å². The van der Waals surface area contributed by atoms with E-state index in [4.69, 9.17) is 21.7 Å². The Morgan fingerprint density at radius 1 is 0.933 bits per heavy atom. The summed E-state index contributed by atoms with van der Waals surface area (Å²) in [5.41, 5.74) is 13.7. The van der Waals surface area contributed by atoms with E-state index in [1.54, 1.807) is 18.2 Å². The number of amides is 1. The average Bonchev–Trinajstić information content (AvgIpc) is 2.68. The third-order valence-corrected chi connectivity index (χ3v) is 5.27. The molecule has 0 aliphatic heterocycles. The monoisotopic (exact) mass is 426 g/mol. The molecule has 10 heteroatoms. The lowest BCUT2D eigenvalue weighted by Gasteiger charge is -2.15. The highest BCUT2D eigenvalue weighted by Gasteiger charge is 2.16. The summed E-state index contributed by atoms with van der Waals surface area (Å²) in [4.78, 5) is 23.0. The number of carboxylic acids is 1. The zero-order valence-electron chi connectivity index (χ0n) is 15.5. The van der Waals surface area contributed by atoms with Crippen molar-refractivity contribution in [3.63, 3.8) is 0 Å². The summed E-state index contributed by atoms with van der Waals surface area (Å²) in [5, 5.41) is 17.3. The van der Waals surface area contributed by atoms with Crippen LogP contribution in [-0.4, -0.2) is 25.4 Å². The van der Waals surface area contributed by atoms with Crippen molar-refractivity contribution in [2.45, 2.75) is 4.90 Å². The minimum atomic E-state index is -3.86. The van der Waals surface area contributed by atoms with Crippen LogP contribution in [0.1, 0.15) is 20.7 Å². The predicted octanol–water partition coefficient (Wildman–Crippen LogP) is 2.12. The minimum absolute atomic E-state index is 0.0555. The number of benzene rings is 3. The lowest BCUT2D eigenvalue weighted by atomic mass is 9.98. The molecule has 0 saturated heterocycles. The number of carboxylic acid groups (broad SMARTS) is 1. The molecule has 3 aromatic rings. The molecule has 1 amide bonds. The number of hydrogen-bond donors (Lipinski definition) is 5. The van der Waals surface area contributed by atoms with Gasteiger partial charge in [-0.2, -0.15) is 0 Å². The molecular formula is C20H18N4O5S. The number of carbonyl (C=O) groups excluding carboxylic acids is 1. The number of carbonyl (C=O) groups is 2. The van der Waals surface area contributed by atoms with Crippen LogP contribution in [0, 0.1) is 0 Å². The molecule has 0 fully saturated rings. The number of primary sulfonamides is 1. The van der Waals surface area contributed by atoms with E-state index in [-0.39, 0.29) is 21.7 Å². The lowest BCUT2D eigenvalue weighted by Crippen LogP contribution is -2.15. The highest BCUT2D eigenvalue weighted by molar-refractivity contribution is 7.89. The normalized spacial score (nSPS) is 11.1. The maximum Gasteiger partial charge on any atom is 0.335 e. The van der Waals surface area contributed by atoms with E-state index in [0.717, 1.165) is 0 Å². The van der Waals surface area contributed by atoms with Crippen molar-refractivity contribution in [3.05, 3.63) is 71.8 Å². The molecule has 0 heterocycles. The van der Waals surface area contributed by atoms with Gasteiger partial charge in [-0.25, -0.2) is 18.4 Å². The fourth-order valence-electron chi connectivity index (χ4n) is 2.89. The van der Waals surface area contributed by atoms with Crippen LogP contribution in [0.25, 0.3) is 11.1 Å². The summed E-state index contributed by atoms with van der Waals surface area (Å²) >= 11 is 0. The number of hydrogen-bond acceptors (Lipinski definition) is 6. The summed E-state index contributed by atoms with van der Waals surface area (Å²) in [5.74, 6) is -1.83. The van der Waals surface area contributed by atoms with Gasteiger partial charge in [0.25, 0.3) is 5.91 Å². The number of primary amides is 1. The molecule has 0 atom stereocenters. The highest BCUT2D eigenvalue weighted by atomic mass is 32.2. The van der Waals surface area contributed by atoms with E-state index >= 15 is 0 Å². The number of rotatable bonds is 6. The van der Waals surface area contributed by atoms with Crippen molar-refractivity contribution < 1.29 is 23.1 Å². The molecule has 0 aliphatic rings. The van der Waals surface area contributed by atoms with Crippen molar-refractivity contribution in [2.24, 2.45) is 10.9 Å². The molecular weight excluding hydrogens is 408 g/mol. The zero-order valence-corrected chi connectivity index (χ0v) is 16.3. The summed E-state index contributed by atoms with van der Waals surface area (Å²) in [7, 11) is -3.86. The molecule has 0 spiro atoms. The van der Waals surface area contributed by atoms with Crippen LogP contribution in [-0.2, 0) is 10.0 Å². The van der Waals surface area contributed by atoms with Crippen molar-refractivity contribution in [1.82, 2.24) is 0 Å². The van der Waals surface area contributed by atoms with E-state index in [1.165, 1.54) is 42.5 Å². The maximum atomic E-state index is 11.9. The lowest BCUT2D eigenvalue weighted by molar-refractivity contribution is 0.0696. The number of anilines is 3. The highest BCUT2D eigenvalue weighted by Crippen LogP contribution is 2.34. The third kappa shape index (κ3) is 4.40. The van der Waals surface area contributed by atoms with E-state index in [1.807, 2.05) is 0 Å². The second-order valence-electron chi connectivity index (χ2n) is 6.43. The van der Waals surface area contributed by atoms with Crippen LogP contribution in [0.3, 0.4) is 0 Å². The first-order valence-corrected chi connectivity index (χ1v) is 10.1. The second-order valence-corrected chi connectivity index (χ2v) is 7.99. The number of nitrogens with one attached hydrogen (secondary N) is 1. The molecule has 154 valence electrons. The van der Waals surface area contributed by atoms with Gasteiger partial charge in [-0.05, 0) is 48.0 Å². The molecule has 9 nitrogen and oxygen atoms in total. The Morgan fingerprint density at radius 2 is 1.60 bits per heavy atom. The number of nitrogens with two attached hydrogens (primary N) is 3. The quantitative estimate of drug-likeness (QED) is 0.374. The predicted molar refractivity (Wildman–Crippen MR) is 113 cm³/mol. The van der Waals surface area contributed by atoms with Crippen molar-refractivity contribution >= 4 is 39.0 Å². The van der Waals surface area contributed by atoms with Gasteiger partial charge < -0.3 is 21.9 Å². The second kappa shape index (κ2) is 7.85. The Morgan fingerprint density at radius 3 is 2.17 bits per heavy atom. The summed E-state index contributed by atoms with van der Waals surface area (Å²) < 4.78 is 22.9. The first kappa shape index (κ1) is 20.8. The minimum Gasteiger partial charge on any atom is -0.478 e. The number of sulfonamides is 1. The molecule has 0 saturated carbocycles. The maximum absolute atomic E-state index is 11.9. The van der Waals surface area contributed by atoms with Crippen molar-refractivity contribution in [3.8, 4) is 11.1 Å². The van der Waals surface area contributed by atoms with E-state index < -0.39 is 21.9 Å². The fourth-order valence-corrected chi connectivity index (χ4v) is 3.40. The van der Waals surface area contributed by atoms with Gasteiger partial charge in [0.15, 0.2) is 0 Å². The van der Waals surface area contributed by atoms with Gasteiger partial charge in [0.1, 0.15) is 0 Å². The third-order valence-electron chi connectivity index (χ3n) is 4.34. The van der Waals surface area contributed by atoms with Crippen LogP contribution in [0.5, 0.6) is 0 Å². The van der Waals surface area contributed by atoms with Gasteiger partial charge in [0.05, 0.1) is 21.7 Å².